The molecule has 1 amide bonds. The Balaban J connectivity index is 1.68. The first-order valence-electron chi connectivity index (χ1n) is 8.50. The fourth-order valence-corrected chi connectivity index (χ4v) is 3.10. The molecular formula is C18H17F3N4O3. The number of nitro benzene ring substituents is 1. The normalized spacial score (nSPS) is 14.9. The second kappa shape index (κ2) is 7.45. The minimum absolute atomic E-state index is 0.113. The van der Waals surface area contributed by atoms with Crippen molar-refractivity contribution >= 4 is 17.4 Å². The third kappa shape index (κ3) is 3.90. The van der Waals surface area contributed by atoms with Crippen molar-refractivity contribution in [3.05, 3.63) is 63.3 Å². The van der Waals surface area contributed by atoms with Gasteiger partial charge in [0, 0.05) is 49.6 Å². The number of anilines is 1. The molecule has 0 atom stereocenters. The number of halogens is 3. The van der Waals surface area contributed by atoms with E-state index < -0.39 is 16.7 Å². The number of carbonyl (C=O) groups excluding carboxylic acids is 1. The van der Waals surface area contributed by atoms with Crippen molar-refractivity contribution in [1.29, 1.82) is 0 Å². The van der Waals surface area contributed by atoms with Gasteiger partial charge in [0.05, 0.1) is 10.5 Å². The molecule has 2 heterocycles. The molecule has 7 nitrogen and oxygen atoms in total. The van der Waals surface area contributed by atoms with Crippen LogP contribution in [0.2, 0.25) is 0 Å². The highest BCUT2D eigenvalue weighted by Gasteiger charge is 2.31. The minimum atomic E-state index is -4.44. The summed E-state index contributed by atoms with van der Waals surface area (Å²) in [6.07, 6.45) is -3.65. The molecule has 0 N–H and O–H groups in total. The van der Waals surface area contributed by atoms with Gasteiger partial charge >= 0.3 is 6.18 Å². The third-order valence-corrected chi connectivity index (χ3v) is 4.70. The van der Waals surface area contributed by atoms with E-state index in [4.69, 9.17) is 0 Å². The molecule has 1 aliphatic heterocycles. The highest BCUT2D eigenvalue weighted by molar-refractivity contribution is 5.96. The van der Waals surface area contributed by atoms with E-state index in [1.807, 2.05) is 0 Å². The zero-order chi connectivity index (χ0) is 20.5. The number of alkyl halides is 3. The van der Waals surface area contributed by atoms with Crippen LogP contribution >= 0.6 is 0 Å². The van der Waals surface area contributed by atoms with E-state index >= 15 is 0 Å². The number of nitrogens with zero attached hydrogens (tertiary/aromatic N) is 4. The molecule has 1 aliphatic rings. The van der Waals surface area contributed by atoms with Crippen molar-refractivity contribution in [2.24, 2.45) is 0 Å². The molecule has 0 spiro atoms. The number of benzene rings is 1. The summed E-state index contributed by atoms with van der Waals surface area (Å²) in [7, 11) is 0. The molecule has 0 radical (unpaired) electrons. The first-order chi connectivity index (χ1) is 13.2. The maximum atomic E-state index is 12.7. The van der Waals surface area contributed by atoms with Gasteiger partial charge in [-0.05, 0) is 25.1 Å². The maximum absolute atomic E-state index is 12.7. The van der Waals surface area contributed by atoms with Crippen LogP contribution in [0.4, 0.5) is 24.7 Å². The largest absolute Gasteiger partial charge is 0.417 e. The molecule has 2 aromatic rings. The second-order valence-electron chi connectivity index (χ2n) is 6.39. The summed E-state index contributed by atoms with van der Waals surface area (Å²) in [4.78, 5) is 30.5. The smallest absolute Gasteiger partial charge is 0.353 e. The number of aromatic nitrogens is 1. The van der Waals surface area contributed by atoms with Crippen LogP contribution in [0, 0.1) is 17.0 Å². The average Bonchev–Trinajstić information content (AvgIpc) is 2.67. The second-order valence-corrected chi connectivity index (χ2v) is 6.39. The molecule has 1 fully saturated rings. The molecule has 148 valence electrons. The number of hydrogen-bond acceptors (Lipinski definition) is 5. The molecule has 0 saturated carbocycles. The van der Waals surface area contributed by atoms with Gasteiger partial charge in [0.25, 0.3) is 11.6 Å². The van der Waals surface area contributed by atoms with Gasteiger partial charge in [-0.15, -0.1) is 0 Å². The summed E-state index contributed by atoms with van der Waals surface area (Å²) in [5, 5.41) is 11.1. The number of pyridine rings is 1. The Morgan fingerprint density at radius 1 is 1.14 bits per heavy atom. The van der Waals surface area contributed by atoms with Crippen molar-refractivity contribution < 1.29 is 22.9 Å². The summed E-state index contributed by atoms with van der Waals surface area (Å²) in [5.74, 6) is 0.104. The van der Waals surface area contributed by atoms with Gasteiger partial charge in [0.15, 0.2) is 0 Å². The van der Waals surface area contributed by atoms with E-state index in [1.165, 1.54) is 25.1 Å². The summed E-state index contributed by atoms with van der Waals surface area (Å²) in [6, 6.07) is 6.66. The fraction of sp³-hybridized carbons (Fsp3) is 0.333. The highest BCUT2D eigenvalue weighted by Crippen LogP contribution is 2.29. The van der Waals surface area contributed by atoms with Crippen molar-refractivity contribution in [2.75, 3.05) is 31.1 Å². The lowest BCUT2D eigenvalue weighted by Gasteiger charge is -2.35. The Labute approximate surface area is 158 Å². The summed E-state index contributed by atoms with van der Waals surface area (Å²) in [6.45, 7) is 3.01. The van der Waals surface area contributed by atoms with Crippen LogP contribution in [0.3, 0.4) is 0 Å². The van der Waals surface area contributed by atoms with E-state index in [1.54, 1.807) is 15.9 Å². The third-order valence-electron chi connectivity index (χ3n) is 4.70. The lowest BCUT2D eigenvalue weighted by molar-refractivity contribution is -0.385. The Bertz CT molecular complexity index is 892. The van der Waals surface area contributed by atoms with Crippen LogP contribution in [0.15, 0.2) is 36.5 Å². The molecule has 0 aliphatic carbocycles. The predicted octanol–water partition coefficient (Wildman–Crippen LogP) is 3.28. The van der Waals surface area contributed by atoms with Crippen molar-refractivity contribution in [3.63, 3.8) is 0 Å². The van der Waals surface area contributed by atoms with Crippen molar-refractivity contribution in [2.45, 2.75) is 13.1 Å². The number of hydrogen-bond donors (Lipinski definition) is 0. The van der Waals surface area contributed by atoms with Gasteiger partial charge in [-0.2, -0.15) is 13.2 Å². The van der Waals surface area contributed by atoms with E-state index in [0.29, 0.717) is 37.6 Å². The molecule has 1 aromatic carbocycles. The SMILES string of the molecule is Cc1c(C(=O)N2CCN(c3ccc(C(F)(F)F)cn3)CC2)cccc1[N+](=O)[O-]. The number of nitro groups is 1. The van der Waals surface area contributed by atoms with E-state index in [9.17, 15) is 28.1 Å². The lowest BCUT2D eigenvalue weighted by Crippen LogP contribution is -2.49. The fourth-order valence-electron chi connectivity index (χ4n) is 3.10. The summed E-state index contributed by atoms with van der Waals surface area (Å²) < 4.78 is 37.9. The van der Waals surface area contributed by atoms with E-state index in [-0.39, 0.29) is 17.2 Å². The van der Waals surface area contributed by atoms with Crippen molar-refractivity contribution in [1.82, 2.24) is 9.88 Å². The quantitative estimate of drug-likeness (QED) is 0.590. The maximum Gasteiger partial charge on any atom is 0.417 e. The van der Waals surface area contributed by atoms with Crippen LogP contribution < -0.4 is 4.90 Å². The van der Waals surface area contributed by atoms with Crippen molar-refractivity contribution in [3.8, 4) is 0 Å². The molecule has 0 bridgehead atoms. The average molecular weight is 394 g/mol. The van der Waals surface area contributed by atoms with Crippen LogP contribution in [0.1, 0.15) is 21.5 Å². The van der Waals surface area contributed by atoms with Gasteiger partial charge in [-0.3, -0.25) is 14.9 Å². The van der Waals surface area contributed by atoms with Gasteiger partial charge in [-0.25, -0.2) is 4.98 Å². The van der Waals surface area contributed by atoms with E-state index in [2.05, 4.69) is 4.98 Å². The van der Waals surface area contributed by atoms with Gasteiger partial charge < -0.3 is 9.80 Å². The molecular weight excluding hydrogens is 377 g/mol. The topological polar surface area (TPSA) is 79.6 Å². The Kier molecular flexibility index (Phi) is 5.21. The minimum Gasteiger partial charge on any atom is -0.353 e. The molecule has 10 heteroatoms. The number of amides is 1. The van der Waals surface area contributed by atoms with E-state index in [0.717, 1.165) is 12.3 Å². The Morgan fingerprint density at radius 3 is 2.36 bits per heavy atom. The highest BCUT2D eigenvalue weighted by atomic mass is 19.4. The lowest BCUT2D eigenvalue weighted by atomic mass is 10.1. The standard InChI is InChI=1S/C18H17F3N4O3/c1-12-14(3-2-4-15(12)25(27)28)17(26)24-9-7-23(8-10-24)16-6-5-13(11-22-16)18(19,20)21/h2-6,11H,7-10H2,1H3. The van der Waals surface area contributed by atoms with Crippen LogP contribution in [0.25, 0.3) is 0 Å². The first-order valence-corrected chi connectivity index (χ1v) is 8.50. The zero-order valence-corrected chi connectivity index (χ0v) is 14.9. The van der Waals surface area contributed by atoms with Gasteiger partial charge in [0.1, 0.15) is 5.82 Å². The molecule has 28 heavy (non-hydrogen) atoms. The number of carbonyl (C=O) groups is 1. The monoisotopic (exact) mass is 394 g/mol. The van der Waals surface area contributed by atoms with Crippen LogP contribution in [-0.2, 0) is 6.18 Å². The zero-order valence-electron chi connectivity index (χ0n) is 14.9. The predicted molar refractivity (Wildman–Crippen MR) is 95.2 cm³/mol. The molecule has 1 saturated heterocycles. The van der Waals surface area contributed by atoms with Crippen LogP contribution in [-0.4, -0.2) is 46.9 Å². The number of rotatable bonds is 3. The number of piperazine rings is 1. The van der Waals surface area contributed by atoms with Gasteiger partial charge in [-0.1, -0.05) is 6.07 Å². The first kappa shape index (κ1) is 19.6. The Morgan fingerprint density at radius 2 is 1.82 bits per heavy atom. The molecule has 0 unspecified atom stereocenters. The summed E-state index contributed by atoms with van der Waals surface area (Å²) >= 11 is 0. The van der Waals surface area contributed by atoms with Crippen LogP contribution in [0.5, 0.6) is 0 Å². The van der Waals surface area contributed by atoms with Gasteiger partial charge in [0.2, 0.25) is 0 Å². The molecule has 3 rings (SSSR count). The molecule has 1 aromatic heterocycles. The summed E-state index contributed by atoms with van der Waals surface area (Å²) in [5.41, 5.74) is -0.343. The Hall–Kier alpha value is -3.17.